The van der Waals surface area contributed by atoms with Gasteiger partial charge >= 0.3 is 0 Å². The Balaban J connectivity index is 1.93. The summed E-state index contributed by atoms with van der Waals surface area (Å²) < 4.78 is 0. The van der Waals surface area contributed by atoms with Gasteiger partial charge in [-0.2, -0.15) is 0 Å². The number of piperazine rings is 1. The van der Waals surface area contributed by atoms with Crippen LogP contribution in [-0.4, -0.2) is 53.7 Å². The molecular formula is C11H15N3O2. The maximum atomic E-state index is 11.3. The second-order valence-corrected chi connectivity index (χ2v) is 3.74. The largest absolute Gasteiger partial charge is 0.387 e. The van der Waals surface area contributed by atoms with Crippen molar-refractivity contribution in [3.05, 3.63) is 24.5 Å². The first kappa shape index (κ1) is 10.9. The van der Waals surface area contributed by atoms with Crippen molar-refractivity contribution in [2.45, 2.75) is 0 Å². The highest BCUT2D eigenvalue weighted by Gasteiger charge is 2.20. The van der Waals surface area contributed by atoms with E-state index in [1.165, 1.54) is 0 Å². The van der Waals surface area contributed by atoms with Gasteiger partial charge in [0, 0.05) is 32.4 Å². The Labute approximate surface area is 94.3 Å². The third kappa shape index (κ3) is 2.30. The van der Waals surface area contributed by atoms with Crippen LogP contribution in [0.4, 0.5) is 5.69 Å². The molecule has 1 N–H and O–H groups in total. The molecule has 1 amide bonds. The number of pyridine rings is 1. The lowest BCUT2D eigenvalue weighted by molar-refractivity contribution is -0.134. The molecular weight excluding hydrogens is 206 g/mol. The summed E-state index contributed by atoms with van der Waals surface area (Å²) in [5.41, 5.74) is 1.08. The highest BCUT2D eigenvalue weighted by Crippen LogP contribution is 2.14. The molecule has 5 nitrogen and oxygen atoms in total. The number of hydrogen-bond acceptors (Lipinski definition) is 4. The van der Waals surface area contributed by atoms with Crippen LogP contribution < -0.4 is 4.90 Å². The number of aromatic nitrogens is 1. The van der Waals surface area contributed by atoms with Gasteiger partial charge in [0.05, 0.1) is 11.9 Å². The van der Waals surface area contributed by atoms with Crippen molar-refractivity contribution < 1.29 is 9.90 Å². The highest BCUT2D eigenvalue weighted by atomic mass is 16.3. The van der Waals surface area contributed by atoms with Gasteiger partial charge in [-0.3, -0.25) is 9.78 Å². The molecule has 1 aromatic rings. The molecule has 2 rings (SSSR count). The van der Waals surface area contributed by atoms with E-state index in [2.05, 4.69) is 9.88 Å². The zero-order valence-electron chi connectivity index (χ0n) is 9.04. The van der Waals surface area contributed by atoms with Gasteiger partial charge in [-0.05, 0) is 12.1 Å². The first-order valence-corrected chi connectivity index (χ1v) is 5.35. The Hall–Kier alpha value is -1.62. The molecule has 0 aromatic carbocycles. The smallest absolute Gasteiger partial charge is 0.248 e. The van der Waals surface area contributed by atoms with E-state index in [9.17, 15) is 4.79 Å². The zero-order chi connectivity index (χ0) is 11.4. The Morgan fingerprint density at radius 2 is 2.12 bits per heavy atom. The molecule has 1 fully saturated rings. The Morgan fingerprint density at radius 3 is 2.69 bits per heavy atom. The van der Waals surface area contributed by atoms with E-state index in [4.69, 9.17) is 5.11 Å². The Bertz CT molecular complexity index is 348. The van der Waals surface area contributed by atoms with Gasteiger partial charge in [0.1, 0.15) is 6.61 Å². The topological polar surface area (TPSA) is 56.7 Å². The Morgan fingerprint density at radius 1 is 1.38 bits per heavy atom. The van der Waals surface area contributed by atoms with Gasteiger partial charge in [-0.15, -0.1) is 0 Å². The number of anilines is 1. The fourth-order valence-electron chi connectivity index (χ4n) is 1.85. The predicted molar refractivity (Wildman–Crippen MR) is 60.1 cm³/mol. The van der Waals surface area contributed by atoms with Crippen molar-refractivity contribution in [1.82, 2.24) is 9.88 Å². The number of aliphatic hydroxyl groups excluding tert-OH is 1. The molecule has 1 saturated heterocycles. The number of carbonyl (C=O) groups is 1. The summed E-state index contributed by atoms with van der Waals surface area (Å²) in [7, 11) is 0. The maximum Gasteiger partial charge on any atom is 0.248 e. The lowest BCUT2D eigenvalue weighted by Gasteiger charge is -2.35. The van der Waals surface area contributed by atoms with Crippen LogP contribution in [0.25, 0.3) is 0 Å². The van der Waals surface area contributed by atoms with Crippen LogP contribution in [-0.2, 0) is 4.79 Å². The van der Waals surface area contributed by atoms with Gasteiger partial charge < -0.3 is 14.9 Å². The molecule has 16 heavy (non-hydrogen) atoms. The number of carbonyl (C=O) groups excluding carboxylic acids is 1. The van der Waals surface area contributed by atoms with E-state index >= 15 is 0 Å². The van der Waals surface area contributed by atoms with E-state index in [0.717, 1.165) is 18.8 Å². The average molecular weight is 221 g/mol. The maximum absolute atomic E-state index is 11.3. The van der Waals surface area contributed by atoms with Gasteiger partial charge in [-0.1, -0.05) is 0 Å². The van der Waals surface area contributed by atoms with Gasteiger partial charge in [-0.25, -0.2) is 0 Å². The summed E-state index contributed by atoms with van der Waals surface area (Å²) in [5, 5.41) is 8.76. The second kappa shape index (κ2) is 4.94. The molecule has 86 valence electrons. The molecule has 0 aliphatic carbocycles. The zero-order valence-corrected chi connectivity index (χ0v) is 9.04. The fourth-order valence-corrected chi connectivity index (χ4v) is 1.85. The SMILES string of the molecule is O=C(CO)N1CCN(c2cccnc2)CC1. The molecule has 0 unspecified atom stereocenters. The normalized spacial score (nSPS) is 16.3. The lowest BCUT2D eigenvalue weighted by atomic mass is 10.2. The molecule has 2 heterocycles. The molecule has 0 bridgehead atoms. The summed E-state index contributed by atoms with van der Waals surface area (Å²) in [4.78, 5) is 19.2. The predicted octanol–water partition coefficient (Wildman–Crippen LogP) is -0.278. The second-order valence-electron chi connectivity index (χ2n) is 3.74. The molecule has 1 aliphatic heterocycles. The monoisotopic (exact) mass is 221 g/mol. The molecule has 0 spiro atoms. The molecule has 5 heteroatoms. The van der Waals surface area contributed by atoms with E-state index < -0.39 is 6.61 Å². The van der Waals surface area contributed by atoms with Crippen molar-refractivity contribution in [3.8, 4) is 0 Å². The van der Waals surface area contributed by atoms with Crippen molar-refractivity contribution in [2.24, 2.45) is 0 Å². The summed E-state index contributed by atoms with van der Waals surface area (Å²) >= 11 is 0. The summed E-state index contributed by atoms with van der Waals surface area (Å²) in [6, 6.07) is 3.91. The van der Waals surface area contributed by atoms with Gasteiger partial charge in [0.15, 0.2) is 0 Å². The highest BCUT2D eigenvalue weighted by molar-refractivity contribution is 5.77. The number of hydrogen-bond donors (Lipinski definition) is 1. The van der Waals surface area contributed by atoms with Crippen molar-refractivity contribution in [3.63, 3.8) is 0 Å². The van der Waals surface area contributed by atoms with E-state index in [0.29, 0.717) is 13.1 Å². The minimum absolute atomic E-state index is 0.189. The van der Waals surface area contributed by atoms with E-state index in [1.807, 2.05) is 18.3 Å². The number of rotatable bonds is 2. The van der Waals surface area contributed by atoms with Crippen molar-refractivity contribution in [2.75, 3.05) is 37.7 Å². The van der Waals surface area contributed by atoms with Crippen LogP contribution in [0.5, 0.6) is 0 Å². The Kier molecular flexibility index (Phi) is 3.36. The van der Waals surface area contributed by atoms with Crippen LogP contribution in [0, 0.1) is 0 Å². The fraction of sp³-hybridized carbons (Fsp3) is 0.455. The van der Waals surface area contributed by atoms with Crippen molar-refractivity contribution >= 4 is 11.6 Å². The summed E-state index contributed by atoms with van der Waals surface area (Å²) in [6.07, 6.45) is 3.57. The van der Waals surface area contributed by atoms with Crippen LogP contribution in [0.3, 0.4) is 0 Å². The first-order chi connectivity index (χ1) is 7.81. The number of nitrogens with zero attached hydrogens (tertiary/aromatic N) is 3. The van der Waals surface area contributed by atoms with E-state index in [1.54, 1.807) is 11.1 Å². The third-order valence-corrected chi connectivity index (χ3v) is 2.78. The number of amides is 1. The van der Waals surface area contributed by atoms with Crippen LogP contribution in [0.15, 0.2) is 24.5 Å². The van der Waals surface area contributed by atoms with E-state index in [-0.39, 0.29) is 5.91 Å². The minimum Gasteiger partial charge on any atom is -0.387 e. The molecule has 1 aromatic heterocycles. The first-order valence-electron chi connectivity index (χ1n) is 5.35. The lowest BCUT2D eigenvalue weighted by Crippen LogP contribution is -2.49. The van der Waals surface area contributed by atoms with Gasteiger partial charge in [0.2, 0.25) is 5.91 Å². The summed E-state index contributed by atoms with van der Waals surface area (Å²) in [6.45, 7) is 2.50. The third-order valence-electron chi connectivity index (χ3n) is 2.78. The van der Waals surface area contributed by atoms with Crippen LogP contribution in [0.2, 0.25) is 0 Å². The number of aliphatic hydroxyl groups is 1. The molecule has 0 saturated carbocycles. The molecule has 0 radical (unpaired) electrons. The van der Waals surface area contributed by atoms with Crippen LogP contribution in [0.1, 0.15) is 0 Å². The minimum atomic E-state index is -0.396. The van der Waals surface area contributed by atoms with Crippen LogP contribution >= 0.6 is 0 Å². The average Bonchev–Trinajstić information content (AvgIpc) is 2.39. The molecule has 1 aliphatic rings. The standard InChI is InChI=1S/C11H15N3O2/c15-9-11(16)14-6-4-13(5-7-14)10-2-1-3-12-8-10/h1-3,8,15H,4-7,9H2. The molecule has 0 atom stereocenters. The van der Waals surface area contributed by atoms with Crippen molar-refractivity contribution in [1.29, 1.82) is 0 Å². The quantitative estimate of drug-likeness (QED) is 0.746. The van der Waals surface area contributed by atoms with Gasteiger partial charge in [0.25, 0.3) is 0 Å². The summed E-state index contributed by atoms with van der Waals surface area (Å²) in [5.74, 6) is -0.189.